The van der Waals surface area contributed by atoms with Gasteiger partial charge in [0.25, 0.3) is 0 Å². The van der Waals surface area contributed by atoms with E-state index >= 15 is 0 Å². The van der Waals surface area contributed by atoms with Crippen LogP contribution in [0, 0.1) is 0 Å². The maximum atomic E-state index is 6.70. The van der Waals surface area contributed by atoms with E-state index in [-0.39, 0.29) is 0 Å². The summed E-state index contributed by atoms with van der Waals surface area (Å²) in [4.78, 5) is 0. The molecule has 10 nitrogen and oxygen atoms in total. The summed E-state index contributed by atoms with van der Waals surface area (Å²) in [6.45, 7) is 38.6. The molecule has 0 spiro atoms. The van der Waals surface area contributed by atoms with E-state index in [2.05, 4.69) is 118 Å². The summed E-state index contributed by atoms with van der Waals surface area (Å²) in [5.74, 6) is 0. The lowest BCUT2D eigenvalue weighted by atomic mass is 10.5. The van der Waals surface area contributed by atoms with E-state index in [1.54, 1.807) is 0 Å². The van der Waals surface area contributed by atoms with E-state index in [1.165, 1.54) is 0 Å². The summed E-state index contributed by atoms with van der Waals surface area (Å²) in [7, 11) is -21.3. The Morgan fingerprint density at radius 3 is 0.925 bits per heavy atom. The van der Waals surface area contributed by atoms with Crippen molar-refractivity contribution in [2.24, 2.45) is 5.73 Å². The van der Waals surface area contributed by atoms with Crippen molar-refractivity contribution in [3.63, 3.8) is 0 Å². The maximum Gasteiger partial charge on any atom is 0.322 e. The Bertz CT molecular complexity index is 783. The molecule has 0 rings (SSSR count). The molecule has 0 saturated heterocycles. The van der Waals surface area contributed by atoms with Crippen molar-refractivity contribution in [3.8, 4) is 0 Å². The van der Waals surface area contributed by atoms with Crippen LogP contribution in [0.5, 0.6) is 0 Å². The molecule has 0 saturated carbocycles. The Labute approximate surface area is 257 Å². The third kappa shape index (κ3) is 19.8. The normalized spacial score (nSPS) is 15.3. The maximum absolute atomic E-state index is 6.70. The SMILES string of the molecule is C[SiH](C)O[Si](C)(C)O[Si](C)(C)O[Si](C)(C)O[Si](C)(C)O[Si](C)(C)O[Si](C)(C)O[Si](C)(C)O[Si](C)(C)OCCCN. The summed E-state index contributed by atoms with van der Waals surface area (Å²) < 4.78 is 58.6. The standard InChI is InChI=1S/C21H63NO9Si9/c1-32(2)24-34(5,6)26-36(9,10)28-38(13,14)30-40(17,18)31-39(15,16)29-37(11,12)27-35(7,8)25-33(3,4)23-21-19-20-22/h32H,19-22H2,1-18H3. The van der Waals surface area contributed by atoms with Crippen LogP contribution < -0.4 is 5.73 Å². The summed E-state index contributed by atoms with van der Waals surface area (Å²) in [5, 5.41) is 0. The molecular weight excluding hydrogens is 663 g/mol. The van der Waals surface area contributed by atoms with Crippen molar-refractivity contribution in [2.45, 2.75) is 124 Å². The van der Waals surface area contributed by atoms with E-state index < -0.39 is 77.5 Å². The molecule has 19 heteroatoms. The predicted molar refractivity (Wildman–Crippen MR) is 187 cm³/mol. The van der Waals surface area contributed by atoms with E-state index in [1.807, 2.05) is 0 Å². The molecule has 0 heterocycles. The van der Waals surface area contributed by atoms with Crippen LogP contribution >= 0.6 is 0 Å². The van der Waals surface area contributed by atoms with Crippen LogP contribution in [0.15, 0.2) is 0 Å². The fraction of sp³-hybridized carbons (Fsp3) is 1.00. The van der Waals surface area contributed by atoms with E-state index in [9.17, 15) is 0 Å². The first kappa shape index (κ1) is 41.6. The zero-order chi connectivity index (χ0) is 32.1. The van der Waals surface area contributed by atoms with E-state index in [4.69, 9.17) is 43.1 Å². The van der Waals surface area contributed by atoms with Crippen LogP contribution in [0.4, 0.5) is 0 Å². The van der Waals surface area contributed by atoms with Crippen LogP contribution in [0.25, 0.3) is 0 Å². The van der Waals surface area contributed by atoms with Crippen LogP contribution in [0.3, 0.4) is 0 Å². The molecule has 0 bridgehead atoms. The molecule has 0 unspecified atom stereocenters. The van der Waals surface area contributed by atoms with Gasteiger partial charge in [-0.15, -0.1) is 0 Å². The fourth-order valence-electron chi connectivity index (χ4n) is 5.29. The van der Waals surface area contributed by atoms with Gasteiger partial charge in [0.2, 0.25) is 0 Å². The molecule has 0 aliphatic rings. The second kappa shape index (κ2) is 15.2. The molecule has 40 heavy (non-hydrogen) atoms. The molecule has 0 aromatic heterocycles. The van der Waals surface area contributed by atoms with Gasteiger partial charge in [-0.2, -0.15) is 0 Å². The van der Waals surface area contributed by atoms with Gasteiger partial charge in [0.05, 0.1) is 0 Å². The van der Waals surface area contributed by atoms with Crippen molar-refractivity contribution in [2.75, 3.05) is 13.2 Å². The molecule has 0 amide bonds. The third-order valence-corrected chi connectivity index (χ3v) is 37.3. The largest absolute Gasteiger partial charge is 0.440 e. The van der Waals surface area contributed by atoms with Crippen LogP contribution in [-0.4, -0.2) is 90.7 Å². The molecule has 0 radical (unpaired) electrons. The second-order valence-electron chi connectivity index (χ2n) is 14.1. The lowest BCUT2D eigenvalue weighted by Gasteiger charge is -2.44. The quantitative estimate of drug-likeness (QED) is 0.117. The predicted octanol–water partition coefficient (Wildman–Crippen LogP) is 6.08. The summed E-state index contributed by atoms with van der Waals surface area (Å²) >= 11 is 0. The number of hydrogen-bond donors (Lipinski definition) is 1. The van der Waals surface area contributed by atoms with Crippen molar-refractivity contribution >= 4 is 77.5 Å². The minimum absolute atomic E-state index is 0.603. The zero-order valence-corrected chi connectivity index (χ0v) is 38.1. The van der Waals surface area contributed by atoms with Gasteiger partial charge in [-0.3, -0.25) is 0 Å². The van der Waals surface area contributed by atoms with Gasteiger partial charge >= 0.3 is 68.5 Å². The molecule has 0 aromatic carbocycles. The van der Waals surface area contributed by atoms with E-state index in [0.29, 0.717) is 13.2 Å². The summed E-state index contributed by atoms with van der Waals surface area (Å²) in [6.07, 6.45) is 0.815. The lowest BCUT2D eigenvalue weighted by molar-refractivity contribution is 0.220. The van der Waals surface area contributed by atoms with Crippen LogP contribution in [0.1, 0.15) is 6.42 Å². The molecule has 0 aliphatic heterocycles. The highest BCUT2D eigenvalue weighted by Gasteiger charge is 2.49. The Morgan fingerprint density at radius 1 is 0.425 bits per heavy atom. The Morgan fingerprint density at radius 2 is 0.675 bits per heavy atom. The minimum atomic E-state index is -2.63. The number of nitrogens with two attached hydrogens (primary N) is 1. The second-order valence-corrected chi connectivity index (χ2v) is 45.5. The number of hydrogen-bond acceptors (Lipinski definition) is 10. The average Bonchev–Trinajstić information content (AvgIpc) is 2.51. The van der Waals surface area contributed by atoms with Crippen molar-refractivity contribution < 1.29 is 37.3 Å². The highest BCUT2D eigenvalue weighted by Crippen LogP contribution is 2.29. The van der Waals surface area contributed by atoms with E-state index in [0.717, 1.165) is 6.42 Å². The number of rotatable bonds is 20. The fourth-order valence-corrected chi connectivity index (χ4v) is 47.7. The average molecular weight is 727 g/mol. The van der Waals surface area contributed by atoms with Crippen LogP contribution in [0.2, 0.25) is 118 Å². The lowest BCUT2D eigenvalue weighted by Crippen LogP contribution is -2.61. The molecular formula is C21H63NO9Si9. The molecule has 2 N–H and O–H groups in total. The zero-order valence-electron chi connectivity index (χ0n) is 29.0. The van der Waals surface area contributed by atoms with Gasteiger partial charge in [-0.05, 0) is 131 Å². The third-order valence-electron chi connectivity index (χ3n) is 4.76. The summed E-state index contributed by atoms with van der Waals surface area (Å²) in [5.41, 5.74) is 5.61. The monoisotopic (exact) mass is 725 g/mol. The van der Waals surface area contributed by atoms with Crippen molar-refractivity contribution in [3.05, 3.63) is 0 Å². The molecule has 0 fully saturated rings. The van der Waals surface area contributed by atoms with Gasteiger partial charge in [0, 0.05) is 6.61 Å². The first-order chi connectivity index (χ1) is 17.4. The van der Waals surface area contributed by atoms with Crippen molar-refractivity contribution in [1.29, 1.82) is 0 Å². The Balaban J connectivity index is 5.32. The summed E-state index contributed by atoms with van der Waals surface area (Å²) in [6, 6.07) is 0. The Hall–Kier alpha value is 1.55. The Kier molecular flexibility index (Phi) is 15.8. The van der Waals surface area contributed by atoms with Gasteiger partial charge < -0.3 is 43.1 Å². The first-order valence-corrected chi connectivity index (χ1v) is 39.7. The smallest absolute Gasteiger partial charge is 0.322 e. The topological polar surface area (TPSA) is 109 Å². The van der Waals surface area contributed by atoms with Gasteiger partial charge in [-0.25, -0.2) is 0 Å². The highest BCUT2D eigenvalue weighted by atomic mass is 28.5. The molecule has 0 aliphatic carbocycles. The van der Waals surface area contributed by atoms with Crippen molar-refractivity contribution in [1.82, 2.24) is 0 Å². The van der Waals surface area contributed by atoms with Gasteiger partial charge in [0.15, 0.2) is 9.04 Å². The van der Waals surface area contributed by atoms with Gasteiger partial charge in [0.1, 0.15) is 0 Å². The molecule has 242 valence electrons. The minimum Gasteiger partial charge on any atom is -0.440 e. The highest BCUT2D eigenvalue weighted by molar-refractivity contribution is 6.92. The molecule has 0 aromatic rings. The molecule has 0 atom stereocenters. The van der Waals surface area contributed by atoms with Gasteiger partial charge in [-0.1, -0.05) is 0 Å². The van der Waals surface area contributed by atoms with Crippen LogP contribution in [-0.2, 0) is 37.3 Å². The first-order valence-electron chi connectivity index (χ1n) is 14.4.